The first-order valence-electron chi connectivity index (χ1n) is 6.81. The van der Waals surface area contributed by atoms with Crippen LogP contribution in [0.3, 0.4) is 0 Å². The largest absolute Gasteiger partial charge is 0.481 e. The monoisotopic (exact) mass is 266 g/mol. The number of urea groups is 1. The number of carbonyl (C=O) groups is 2. The Kier molecular flexibility index (Phi) is 6.80. The van der Waals surface area contributed by atoms with Crippen LogP contribution in [-0.2, 0) is 4.79 Å². The normalized spacial score (nSPS) is 13.6. The zero-order valence-electron chi connectivity index (χ0n) is 11.2. The van der Waals surface area contributed by atoms with Gasteiger partial charge in [0.1, 0.15) is 0 Å². The van der Waals surface area contributed by atoms with E-state index >= 15 is 0 Å². The highest BCUT2D eigenvalue weighted by atomic mass is 16.4. The first-order valence-corrected chi connectivity index (χ1v) is 6.81. The van der Waals surface area contributed by atoms with Crippen LogP contribution in [0.4, 0.5) is 4.79 Å². The number of terminal acetylenes is 1. The zero-order chi connectivity index (χ0) is 14.1. The van der Waals surface area contributed by atoms with Crippen LogP contribution in [0.25, 0.3) is 0 Å². The van der Waals surface area contributed by atoms with Crippen LogP contribution >= 0.6 is 0 Å². The van der Waals surface area contributed by atoms with E-state index in [-0.39, 0.29) is 12.5 Å². The Hall–Kier alpha value is -1.70. The molecule has 0 aromatic heterocycles. The molecule has 0 saturated heterocycles. The van der Waals surface area contributed by atoms with Gasteiger partial charge in [-0.2, -0.15) is 0 Å². The van der Waals surface area contributed by atoms with E-state index in [1.165, 1.54) is 12.8 Å². The van der Waals surface area contributed by atoms with Crippen molar-refractivity contribution in [1.29, 1.82) is 0 Å². The van der Waals surface area contributed by atoms with Crippen molar-refractivity contribution < 1.29 is 14.7 Å². The number of unbranched alkanes of at least 4 members (excludes halogenated alkanes) is 2. The lowest BCUT2D eigenvalue weighted by Gasteiger charge is -2.20. The van der Waals surface area contributed by atoms with Crippen molar-refractivity contribution in [3.05, 3.63) is 0 Å². The molecule has 0 aromatic carbocycles. The van der Waals surface area contributed by atoms with E-state index in [1.807, 2.05) is 0 Å². The lowest BCUT2D eigenvalue weighted by atomic mass is 10.2. The molecule has 2 N–H and O–H groups in total. The van der Waals surface area contributed by atoms with Crippen molar-refractivity contribution in [2.45, 2.75) is 38.5 Å². The third kappa shape index (κ3) is 7.35. The van der Waals surface area contributed by atoms with Crippen molar-refractivity contribution >= 4 is 12.0 Å². The maximum absolute atomic E-state index is 11.9. The van der Waals surface area contributed by atoms with Gasteiger partial charge in [-0.1, -0.05) is 12.3 Å². The minimum atomic E-state index is -0.770. The Bertz CT molecular complexity index is 345. The molecule has 1 saturated carbocycles. The maximum atomic E-state index is 11.9. The number of carbonyl (C=O) groups excluding carboxylic acids is 1. The van der Waals surface area contributed by atoms with Crippen LogP contribution < -0.4 is 5.32 Å². The summed E-state index contributed by atoms with van der Waals surface area (Å²) in [5.41, 5.74) is 0. The second-order valence-corrected chi connectivity index (χ2v) is 4.96. The molecule has 0 aliphatic heterocycles. The van der Waals surface area contributed by atoms with Gasteiger partial charge in [-0.3, -0.25) is 4.79 Å². The van der Waals surface area contributed by atoms with Crippen molar-refractivity contribution in [3.8, 4) is 12.3 Å². The van der Waals surface area contributed by atoms with Crippen LogP contribution in [0.15, 0.2) is 0 Å². The van der Waals surface area contributed by atoms with Crippen LogP contribution in [0.1, 0.15) is 38.5 Å². The third-order valence-corrected chi connectivity index (χ3v) is 3.09. The fourth-order valence-corrected chi connectivity index (χ4v) is 1.83. The van der Waals surface area contributed by atoms with Gasteiger partial charge in [0.05, 0.1) is 6.54 Å². The summed E-state index contributed by atoms with van der Waals surface area (Å²) in [6.07, 6.45) is 10.1. The molecule has 1 fully saturated rings. The minimum Gasteiger partial charge on any atom is -0.481 e. The molecule has 0 radical (unpaired) electrons. The van der Waals surface area contributed by atoms with Crippen LogP contribution in [-0.4, -0.2) is 41.6 Å². The summed E-state index contributed by atoms with van der Waals surface area (Å²) < 4.78 is 0. The second kappa shape index (κ2) is 8.41. The number of nitrogens with zero attached hydrogens (tertiary/aromatic N) is 1. The first kappa shape index (κ1) is 15.4. The predicted molar refractivity (Wildman–Crippen MR) is 72.6 cm³/mol. The number of aliphatic carboxylic acids is 1. The van der Waals surface area contributed by atoms with Crippen molar-refractivity contribution in [3.63, 3.8) is 0 Å². The number of nitrogens with one attached hydrogen (secondary N) is 1. The van der Waals surface area contributed by atoms with Gasteiger partial charge in [-0.05, 0) is 31.6 Å². The number of carboxylic acids is 1. The highest BCUT2D eigenvalue weighted by Gasteiger charge is 2.26. The van der Waals surface area contributed by atoms with E-state index < -0.39 is 5.97 Å². The zero-order valence-corrected chi connectivity index (χ0v) is 11.2. The van der Waals surface area contributed by atoms with Crippen LogP contribution in [0, 0.1) is 18.3 Å². The van der Waals surface area contributed by atoms with E-state index in [0.29, 0.717) is 25.4 Å². The quantitative estimate of drug-likeness (QED) is 0.493. The van der Waals surface area contributed by atoms with E-state index in [4.69, 9.17) is 11.5 Å². The molecule has 0 aromatic rings. The van der Waals surface area contributed by atoms with Crippen molar-refractivity contribution in [1.82, 2.24) is 10.2 Å². The van der Waals surface area contributed by atoms with Gasteiger partial charge >= 0.3 is 12.0 Å². The number of carboxylic acid groups (broad SMARTS) is 1. The Morgan fingerprint density at radius 2 is 2.05 bits per heavy atom. The molecular weight excluding hydrogens is 244 g/mol. The Morgan fingerprint density at radius 3 is 2.63 bits per heavy atom. The molecule has 1 aliphatic carbocycles. The fraction of sp³-hybridized carbons (Fsp3) is 0.714. The Balaban J connectivity index is 2.10. The van der Waals surface area contributed by atoms with Gasteiger partial charge in [0, 0.05) is 19.5 Å². The average Bonchev–Trinajstić information content (AvgIpc) is 3.16. The first-order chi connectivity index (χ1) is 9.13. The SMILES string of the molecule is C#CCN(CC1CC1)C(=O)NCCCCCC(=O)O. The number of rotatable bonds is 9. The molecule has 0 atom stereocenters. The molecule has 1 aliphatic rings. The van der Waals surface area contributed by atoms with Crippen LogP contribution in [0.2, 0.25) is 0 Å². The Morgan fingerprint density at radius 1 is 1.32 bits per heavy atom. The lowest BCUT2D eigenvalue weighted by molar-refractivity contribution is -0.137. The summed E-state index contributed by atoms with van der Waals surface area (Å²) in [4.78, 5) is 23.9. The van der Waals surface area contributed by atoms with Gasteiger partial charge < -0.3 is 15.3 Å². The molecule has 5 heteroatoms. The lowest BCUT2D eigenvalue weighted by Crippen LogP contribution is -2.41. The van der Waals surface area contributed by atoms with Gasteiger partial charge in [0.15, 0.2) is 0 Å². The van der Waals surface area contributed by atoms with E-state index in [2.05, 4.69) is 11.2 Å². The number of hydrogen-bond donors (Lipinski definition) is 2. The molecule has 0 bridgehead atoms. The average molecular weight is 266 g/mol. The van der Waals surface area contributed by atoms with E-state index in [9.17, 15) is 9.59 Å². The van der Waals surface area contributed by atoms with Crippen LogP contribution in [0.5, 0.6) is 0 Å². The summed E-state index contributed by atoms with van der Waals surface area (Å²) >= 11 is 0. The third-order valence-electron chi connectivity index (χ3n) is 3.09. The summed E-state index contributed by atoms with van der Waals surface area (Å²) in [5.74, 6) is 2.36. The molecule has 0 unspecified atom stereocenters. The molecule has 106 valence electrons. The molecule has 2 amide bonds. The van der Waals surface area contributed by atoms with Gasteiger partial charge in [-0.25, -0.2) is 4.79 Å². The van der Waals surface area contributed by atoms with E-state index in [1.54, 1.807) is 4.90 Å². The Labute approximate surface area is 114 Å². The van der Waals surface area contributed by atoms with Gasteiger partial charge in [0.2, 0.25) is 0 Å². The highest BCUT2D eigenvalue weighted by molar-refractivity contribution is 5.74. The summed E-state index contributed by atoms with van der Waals surface area (Å²) in [6.45, 7) is 1.67. The topological polar surface area (TPSA) is 69.6 Å². The maximum Gasteiger partial charge on any atom is 0.318 e. The standard InChI is InChI=1S/C14H22N2O3/c1-2-10-16(11-12-7-8-12)14(19)15-9-5-3-4-6-13(17)18/h1,12H,3-11H2,(H,15,19)(H,17,18). The molecule has 1 rings (SSSR count). The summed E-state index contributed by atoms with van der Waals surface area (Å²) in [5, 5.41) is 11.3. The highest BCUT2D eigenvalue weighted by Crippen LogP contribution is 2.29. The molecule has 0 spiro atoms. The minimum absolute atomic E-state index is 0.108. The number of amides is 2. The smallest absolute Gasteiger partial charge is 0.318 e. The molecule has 19 heavy (non-hydrogen) atoms. The van der Waals surface area contributed by atoms with Gasteiger partial charge in [0.25, 0.3) is 0 Å². The van der Waals surface area contributed by atoms with Crippen molar-refractivity contribution in [2.24, 2.45) is 5.92 Å². The molecule has 5 nitrogen and oxygen atoms in total. The summed E-state index contributed by atoms with van der Waals surface area (Å²) in [7, 11) is 0. The summed E-state index contributed by atoms with van der Waals surface area (Å²) in [6, 6.07) is -0.108. The second-order valence-electron chi connectivity index (χ2n) is 4.96. The number of hydrogen-bond acceptors (Lipinski definition) is 2. The van der Waals surface area contributed by atoms with E-state index in [0.717, 1.165) is 19.4 Å². The molecule has 0 heterocycles. The molecular formula is C14H22N2O3. The van der Waals surface area contributed by atoms with Gasteiger partial charge in [-0.15, -0.1) is 6.42 Å². The van der Waals surface area contributed by atoms with Crippen molar-refractivity contribution in [2.75, 3.05) is 19.6 Å². The predicted octanol–water partition coefficient (Wildman–Crippen LogP) is 1.69. The fourth-order valence-electron chi connectivity index (χ4n) is 1.83.